The van der Waals surface area contributed by atoms with E-state index in [1.54, 1.807) is 49.4 Å². The summed E-state index contributed by atoms with van der Waals surface area (Å²) < 4.78 is 27.4. The quantitative estimate of drug-likeness (QED) is 0.607. The van der Waals surface area contributed by atoms with Gasteiger partial charge >= 0.3 is 0 Å². The average Bonchev–Trinajstić information content (AvgIpc) is 3.08. The molecule has 2 N–H and O–H groups in total. The number of aromatic nitrogens is 2. The fourth-order valence-electron chi connectivity index (χ4n) is 3.54. The summed E-state index contributed by atoms with van der Waals surface area (Å²) in [5, 5.41) is 3.27. The molecule has 2 aliphatic rings. The molecule has 0 saturated heterocycles. The zero-order valence-corrected chi connectivity index (χ0v) is 18.5. The molecule has 9 nitrogen and oxygen atoms in total. The third kappa shape index (κ3) is 3.92. The van der Waals surface area contributed by atoms with Gasteiger partial charge in [-0.25, -0.2) is 13.4 Å². The summed E-state index contributed by atoms with van der Waals surface area (Å²) in [6.07, 6.45) is 0. The third-order valence-electron chi connectivity index (χ3n) is 5.00. The Hall–Kier alpha value is -3.44. The number of nitrogens with one attached hydrogen (secondary N) is 2. The van der Waals surface area contributed by atoms with Gasteiger partial charge in [-0.15, -0.1) is 4.40 Å². The fraction of sp³-hybridized carbons (Fsp3) is 0.143. The normalized spacial score (nSPS) is 16.2. The van der Waals surface area contributed by atoms with Gasteiger partial charge in [-0.1, -0.05) is 12.1 Å². The zero-order chi connectivity index (χ0) is 22.5. The van der Waals surface area contributed by atoms with Gasteiger partial charge in [-0.05, 0) is 49.0 Å². The molecule has 0 unspecified atom stereocenters. The molecule has 0 aliphatic carbocycles. The van der Waals surface area contributed by atoms with Gasteiger partial charge < -0.3 is 15.2 Å². The number of anilines is 2. The van der Waals surface area contributed by atoms with Crippen molar-refractivity contribution in [3.8, 4) is 11.4 Å². The molecule has 0 fully saturated rings. The summed E-state index contributed by atoms with van der Waals surface area (Å²) in [6.45, 7) is 2.08. The molecule has 0 bridgehead atoms. The van der Waals surface area contributed by atoms with Gasteiger partial charge in [-0.3, -0.25) is 9.59 Å². The number of nitrogens with zero attached hydrogens (tertiary/aromatic N) is 3. The SMILES string of the molecule is Cc1cc(=O)[nH]c(-c2cccc(NC(=O)c3ccc4c(c3)SC3=NS(=O)(=O)CCN34)c2)n1. The predicted molar refractivity (Wildman–Crippen MR) is 124 cm³/mol. The van der Waals surface area contributed by atoms with Crippen molar-refractivity contribution < 1.29 is 13.2 Å². The Morgan fingerprint density at radius 3 is 2.84 bits per heavy atom. The van der Waals surface area contributed by atoms with Crippen LogP contribution in [0.15, 0.2) is 62.6 Å². The molecule has 5 rings (SSSR count). The second-order valence-corrected chi connectivity index (χ2v) is 10.1. The van der Waals surface area contributed by atoms with Crippen LogP contribution in [0.5, 0.6) is 0 Å². The fourth-order valence-corrected chi connectivity index (χ4v) is 5.83. The Morgan fingerprint density at radius 2 is 2.03 bits per heavy atom. The number of hydrogen-bond acceptors (Lipinski definition) is 7. The van der Waals surface area contributed by atoms with E-state index < -0.39 is 10.0 Å². The Balaban J connectivity index is 1.39. The largest absolute Gasteiger partial charge is 0.322 e. The van der Waals surface area contributed by atoms with Crippen LogP contribution in [0.3, 0.4) is 0 Å². The highest BCUT2D eigenvalue weighted by molar-refractivity contribution is 8.15. The lowest BCUT2D eigenvalue weighted by atomic mass is 10.1. The molecule has 0 spiro atoms. The molecule has 1 aromatic heterocycles. The number of hydrogen-bond donors (Lipinski definition) is 2. The number of amides is 1. The number of thioether (sulfide) groups is 1. The minimum atomic E-state index is -3.44. The lowest BCUT2D eigenvalue weighted by Gasteiger charge is -2.22. The van der Waals surface area contributed by atoms with Crippen molar-refractivity contribution >= 4 is 44.2 Å². The molecule has 0 saturated carbocycles. The summed E-state index contributed by atoms with van der Waals surface area (Å²) >= 11 is 1.24. The first kappa shape index (κ1) is 20.5. The highest BCUT2D eigenvalue weighted by Gasteiger charge is 2.33. The minimum Gasteiger partial charge on any atom is -0.322 e. The van der Waals surface area contributed by atoms with E-state index in [-0.39, 0.29) is 17.2 Å². The van der Waals surface area contributed by atoms with Crippen LogP contribution in [0.25, 0.3) is 11.4 Å². The van der Waals surface area contributed by atoms with Crippen LogP contribution in [0, 0.1) is 6.92 Å². The number of carbonyl (C=O) groups excluding carboxylic acids is 1. The van der Waals surface area contributed by atoms with Gasteiger partial charge in [0.15, 0.2) is 5.17 Å². The van der Waals surface area contributed by atoms with Gasteiger partial charge in [0.2, 0.25) is 0 Å². The van der Waals surface area contributed by atoms with Crippen molar-refractivity contribution in [2.75, 3.05) is 22.5 Å². The van der Waals surface area contributed by atoms with E-state index in [0.29, 0.717) is 40.0 Å². The van der Waals surface area contributed by atoms with Crippen LogP contribution < -0.4 is 15.8 Å². The first-order valence-corrected chi connectivity index (χ1v) is 12.1. The van der Waals surface area contributed by atoms with Gasteiger partial charge in [0.05, 0.1) is 11.4 Å². The number of aryl methyl sites for hydroxylation is 1. The number of fused-ring (bicyclic) bond motifs is 3. The van der Waals surface area contributed by atoms with Crippen LogP contribution in [0.2, 0.25) is 0 Å². The van der Waals surface area contributed by atoms with E-state index >= 15 is 0 Å². The van der Waals surface area contributed by atoms with Crippen LogP contribution in [0.1, 0.15) is 16.1 Å². The number of benzene rings is 2. The molecule has 32 heavy (non-hydrogen) atoms. The molecule has 3 aromatic rings. The second-order valence-electron chi connectivity index (χ2n) is 7.37. The number of rotatable bonds is 3. The monoisotopic (exact) mass is 467 g/mol. The molecule has 11 heteroatoms. The van der Waals surface area contributed by atoms with E-state index in [0.717, 1.165) is 10.6 Å². The smallest absolute Gasteiger partial charge is 0.257 e. The van der Waals surface area contributed by atoms with E-state index in [2.05, 4.69) is 19.7 Å². The van der Waals surface area contributed by atoms with Crippen molar-refractivity contribution in [3.63, 3.8) is 0 Å². The molecule has 2 aromatic carbocycles. The van der Waals surface area contributed by atoms with Gasteiger partial charge in [0.1, 0.15) is 5.82 Å². The van der Waals surface area contributed by atoms with E-state index in [9.17, 15) is 18.0 Å². The van der Waals surface area contributed by atoms with Crippen LogP contribution >= 0.6 is 11.8 Å². The summed E-state index contributed by atoms with van der Waals surface area (Å²) in [5.41, 5.74) is 2.86. The second kappa shape index (κ2) is 7.61. The van der Waals surface area contributed by atoms with E-state index in [1.165, 1.54) is 17.8 Å². The Labute approximate surface area is 187 Å². The van der Waals surface area contributed by atoms with Crippen LogP contribution in [-0.2, 0) is 10.0 Å². The van der Waals surface area contributed by atoms with Crippen molar-refractivity contribution in [2.24, 2.45) is 4.40 Å². The maximum Gasteiger partial charge on any atom is 0.257 e. The zero-order valence-electron chi connectivity index (χ0n) is 16.8. The first-order valence-electron chi connectivity index (χ1n) is 9.69. The predicted octanol–water partition coefficient (Wildman–Crippen LogP) is 2.61. The molecule has 1 amide bonds. The standard InChI is InChI=1S/C21H17N5O4S2/c1-12-9-18(27)24-19(22-12)13-3-2-4-15(10-13)23-20(28)14-5-6-16-17(11-14)31-21-25-32(29,30)8-7-26(16)21/h2-6,9-11H,7-8H2,1H3,(H,23,28)(H,22,24,27). The van der Waals surface area contributed by atoms with Crippen molar-refractivity contribution in [1.82, 2.24) is 9.97 Å². The summed E-state index contributed by atoms with van der Waals surface area (Å²) in [6, 6.07) is 13.7. The number of amidine groups is 1. The summed E-state index contributed by atoms with van der Waals surface area (Å²) in [5.74, 6) is 0.0824. The molecule has 162 valence electrons. The van der Waals surface area contributed by atoms with Crippen LogP contribution in [-0.4, -0.2) is 41.8 Å². The molecule has 0 atom stereocenters. The van der Waals surface area contributed by atoms with Crippen molar-refractivity contribution in [3.05, 3.63) is 70.1 Å². The first-order chi connectivity index (χ1) is 15.3. The van der Waals surface area contributed by atoms with Crippen LogP contribution in [0.4, 0.5) is 11.4 Å². The number of aromatic amines is 1. The number of sulfonamides is 1. The highest BCUT2D eigenvalue weighted by atomic mass is 32.2. The third-order valence-corrected chi connectivity index (χ3v) is 7.30. The molecule has 0 radical (unpaired) electrons. The minimum absolute atomic E-state index is 0.0316. The maximum atomic E-state index is 12.9. The Kier molecular flexibility index (Phi) is 4.86. The maximum absolute atomic E-state index is 12.9. The Morgan fingerprint density at radius 1 is 1.19 bits per heavy atom. The van der Waals surface area contributed by atoms with Gasteiger partial charge in [0, 0.05) is 40.0 Å². The topological polar surface area (TPSA) is 125 Å². The average molecular weight is 468 g/mol. The summed E-state index contributed by atoms with van der Waals surface area (Å²) in [7, 11) is -3.44. The van der Waals surface area contributed by atoms with E-state index in [4.69, 9.17) is 0 Å². The highest BCUT2D eigenvalue weighted by Crippen LogP contribution is 2.42. The molecular formula is C21H17N5O4S2. The Bertz CT molecular complexity index is 1460. The lowest BCUT2D eigenvalue weighted by Crippen LogP contribution is -2.35. The lowest BCUT2D eigenvalue weighted by molar-refractivity contribution is 0.102. The summed E-state index contributed by atoms with van der Waals surface area (Å²) in [4.78, 5) is 34.3. The number of carbonyl (C=O) groups is 1. The molecule has 2 aliphatic heterocycles. The van der Waals surface area contributed by atoms with Gasteiger partial charge in [-0.2, -0.15) is 0 Å². The van der Waals surface area contributed by atoms with Crippen molar-refractivity contribution in [2.45, 2.75) is 11.8 Å². The van der Waals surface area contributed by atoms with Gasteiger partial charge in [0.25, 0.3) is 21.5 Å². The van der Waals surface area contributed by atoms with Crippen molar-refractivity contribution in [1.29, 1.82) is 0 Å². The molecular weight excluding hydrogens is 450 g/mol. The number of H-pyrrole nitrogens is 1. The molecule has 3 heterocycles. The van der Waals surface area contributed by atoms with E-state index in [1.807, 2.05) is 4.90 Å².